The summed E-state index contributed by atoms with van der Waals surface area (Å²) in [6.07, 6.45) is 3.58. The fourth-order valence-corrected chi connectivity index (χ4v) is 12.2. The first kappa shape index (κ1) is 92.8. The lowest BCUT2D eigenvalue weighted by Crippen LogP contribution is -2.55. The summed E-state index contributed by atoms with van der Waals surface area (Å²) in [5.41, 5.74) is 1.66. The van der Waals surface area contributed by atoms with Gasteiger partial charge in [-0.1, -0.05) is 37.8 Å². The highest BCUT2D eigenvalue weighted by Crippen LogP contribution is 2.27. The zero-order chi connectivity index (χ0) is 78.6. The maximum absolute atomic E-state index is 14.0. The van der Waals surface area contributed by atoms with Crippen LogP contribution in [0.25, 0.3) is 0 Å². The number of hydrogen-bond donors (Lipinski definition) is 10. The molecule has 6 rings (SSSR count). The van der Waals surface area contributed by atoms with Gasteiger partial charge in [0.1, 0.15) is 55.4 Å². The monoisotopic (exact) mass is 1570 g/mol. The van der Waals surface area contributed by atoms with Crippen LogP contribution < -0.4 is 31.9 Å². The topological polar surface area (TPSA) is 435 Å². The molecule has 9 atom stereocenters. The average Bonchev–Trinajstić information content (AvgIpc) is 1.26. The summed E-state index contributed by atoms with van der Waals surface area (Å²) in [4.78, 5) is 97.0. The van der Waals surface area contributed by atoms with Crippen LogP contribution in [0.15, 0.2) is 36.5 Å². The maximum Gasteiger partial charge on any atom is 0.270 e. The summed E-state index contributed by atoms with van der Waals surface area (Å²) in [5, 5.41) is 61.0. The summed E-state index contributed by atoms with van der Waals surface area (Å²) >= 11 is 0. The van der Waals surface area contributed by atoms with Gasteiger partial charge in [0.2, 0.25) is 35.4 Å². The highest BCUT2D eigenvalue weighted by atomic mass is 16.6. The average molecular weight is 1570 g/mol. The minimum Gasteiger partial charge on any atom is -0.390 e. The van der Waals surface area contributed by atoms with E-state index in [1.807, 2.05) is 14.0 Å². The second-order valence-electron chi connectivity index (χ2n) is 27.0. The van der Waals surface area contributed by atoms with Gasteiger partial charge in [-0.15, -0.1) is 0 Å². The number of amides is 7. The zero-order valence-electron chi connectivity index (χ0n) is 64.3. The van der Waals surface area contributed by atoms with Crippen molar-refractivity contribution in [1.29, 1.82) is 0 Å². The first-order chi connectivity index (χ1) is 53.6. The predicted octanol–water partition coefficient (Wildman–Crippen LogP) is -1.85. The third kappa shape index (κ3) is 39.1. The van der Waals surface area contributed by atoms with Crippen molar-refractivity contribution in [3.05, 3.63) is 47.8 Å². The van der Waals surface area contributed by atoms with Crippen LogP contribution in [0.1, 0.15) is 87.2 Å². The molecule has 1 aromatic carbocycles. The van der Waals surface area contributed by atoms with Crippen molar-refractivity contribution in [1.82, 2.24) is 46.2 Å². The van der Waals surface area contributed by atoms with E-state index in [0.29, 0.717) is 149 Å². The van der Waals surface area contributed by atoms with Crippen LogP contribution in [0.2, 0.25) is 0 Å². The number of carbonyl (C=O) groups is 7. The van der Waals surface area contributed by atoms with E-state index in [4.69, 9.17) is 71.1 Å². The molecule has 4 aliphatic rings. The quantitative estimate of drug-likeness (QED) is 0.0257. The highest BCUT2D eigenvalue weighted by molar-refractivity contribution is 6.00. The summed E-state index contributed by atoms with van der Waals surface area (Å²) in [7, 11) is 1.99. The van der Waals surface area contributed by atoms with Gasteiger partial charge in [-0.2, -0.15) is 5.10 Å². The third-order valence-corrected chi connectivity index (χ3v) is 18.4. The van der Waals surface area contributed by atoms with E-state index in [1.54, 1.807) is 46.1 Å². The van der Waals surface area contributed by atoms with Gasteiger partial charge in [0.05, 0.1) is 177 Å². The molecule has 0 radical (unpaired) electrons. The van der Waals surface area contributed by atoms with E-state index in [-0.39, 0.29) is 160 Å². The molecule has 7 amide bonds. The van der Waals surface area contributed by atoms with Crippen LogP contribution >= 0.6 is 0 Å². The number of hydrogen-bond acceptors (Lipinski definition) is 28. The standard InChI is InChI=1S/C74H124N10O26/c1-3-84-60(14-19-77-84)72(93)81-69(56-8-6-4-5-7-9-56)73(94)79-57-12-10-55(11-13-57)48-59(74(95)83-24-22-82(2)23-25-83)80-68(90)54-108-47-43-102-42-46-107-53-67(89)78-58(49-103-26-17-65(87)75-20-30-96-32-34-98-36-38-100-40-44-105-51-63-70(91)61(85)15-28-109-63)50-104-27-18-66(88)76-21-31-97-33-35-99-37-39-101-41-45-106-52-64-71(92)62(86)16-29-110-64/h10-14,19,56,58-59,61-64,69-71,85-86,91-92H,3-9,15-18,20-54H2,1-2H3,(H,75,87)(H,76,88)(H,78,89)(H,79,94)(H,80,90)(H,81,93)/t58?,59-,61-,62-,63-,64?,69+,70-,71-/m1/s1. The van der Waals surface area contributed by atoms with E-state index in [9.17, 15) is 54.0 Å². The smallest absolute Gasteiger partial charge is 0.270 e. The molecule has 1 aliphatic carbocycles. The lowest BCUT2D eigenvalue weighted by molar-refractivity contribution is -0.156. The number of benzene rings is 1. The first-order valence-corrected chi connectivity index (χ1v) is 38.9. The summed E-state index contributed by atoms with van der Waals surface area (Å²) in [5.74, 6) is -2.46. The lowest BCUT2D eigenvalue weighted by Gasteiger charge is -2.34. The van der Waals surface area contributed by atoms with Crippen LogP contribution in [-0.2, 0) is 113 Å². The molecule has 4 heterocycles. The molecule has 3 saturated heterocycles. The Balaban J connectivity index is 0.836. The van der Waals surface area contributed by atoms with E-state index in [0.717, 1.165) is 44.1 Å². The number of aliphatic hydroxyl groups is 4. The molecule has 2 aromatic rings. The van der Waals surface area contributed by atoms with Crippen LogP contribution in [0.3, 0.4) is 0 Å². The molecule has 110 heavy (non-hydrogen) atoms. The van der Waals surface area contributed by atoms with Crippen molar-refractivity contribution in [2.75, 3.05) is 237 Å². The second-order valence-corrected chi connectivity index (χ2v) is 27.0. The highest BCUT2D eigenvalue weighted by Gasteiger charge is 2.35. The predicted molar refractivity (Wildman–Crippen MR) is 396 cm³/mol. The van der Waals surface area contributed by atoms with Gasteiger partial charge in [-0.3, -0.25) is 38.2 Å². The van der Waals surface area contributed by atoms with Gasteiger partial charge in [0, 0.05) is 90.2 Å². The van der Waals surface area contributed by atoms with Gasteiger partial charge in [-0.25, -0.2) is 0 Å². The molecule has 4 fully saturated rings. The molecule has 36 nitrogen and oxygen atoms in total. The largest absolute Gasteiger partial charge is 0.390 e. The number of nitrogens with zero attached hydrogens (tertiary/aromatic N) is 4. The normalized spacial score (nSPS) is 20.1. The number of aromatic nitrogens is 2. The van der Waals surface area contributed by atoms with E-state index in [2.05, 4.69) is 41.9 Å². The number of rotatable bonds is 59. The molecule has 626 valence electrons. The number of piperazine rings is 1. The lowest BCUT2D eigenvalue weighted by atomic mass is 9.91. The molecule has 0 spiro atoms. The van der Waals surface area contributed by atoms with Gasteiger partial charge in [0.25, 0.3) is 5.91 Å². The molecule has 3 aliphatic heterocycles. The Labute approximate surface area is 645 Å². The number of ether oxygens (including phenoxy) is 15. The minimum absolute atomic E-state index is 0.0242. The maximum atomic E-state index is 14.0. The summed E-state index contributed by atoms with van der Waals surface area (Å²) < 4.78 is 84.9. The van der Waals surface area contributed by atoms with Crippen molar-refractivity contribution < 1.29 is 125 Å². The Kier molecular flexibility index (Phi) is 48.1. The summed E-state index contributed by atoms with van der Waals surface area (Å²) in [6, 6.07) is 6.41. The minimum atomic E-state index is -0.977. The molecule has 1 aromatic heterocycles. The number of likely N-dealkylation sites (N-methyl/N-ethyl adjacent to an activating group) is 1. The first-order valence-electron chi connectivity index (χ1n) is 38.9. The van der Waals surface area contributed by atoms with Crippen molar-refractivity contribution >= 4 is 47.0 Å². The number of anilines is 1. The number of nitrogens with one attached hydrogen (secondary N) is 6. The molecule has 1 saturated carbocycles. The second kappa shape index (κ2) is 57.0. The molecular weight excluding hydrogens is 1440 g/mol. The Morgan fingerprint density at radius 3 is 1.45 bits per heavy atom. The number of aryl methyl sites for hydroxylation is 1. The van der Waals surface area contributed by atoms with Gasteiger partial charge in [-0.05, 0) is 69.3 Å². The Morgan fingerprint density at radius 2 is 0.964 bits per heavy atom. The van der Waals surface area contributed by atoms with Gasteiger partial charge < -0.3 is 133 Å². The van der Waals surface area contributed by atoms with Gasteiger partial charge in [0.15, 0.2) is 0 Å². The van der Waals surface area contributed by atoms with Crippen LogP contribution in [0, 0.1) is 5.92 Å². The van der Waals surface area contributed by atoms with E-state index in [1.165, 1.54) is 0 Å². The Morgan fingerprint density at radius 1 is 0.509 bits per heavy atom. The van der Waals surface area contributed by atoms with Crippen LogP contribution in [0.5, 0.6) is 0 Å². The molecule has 36 heteroatoms. The van der Waals surface area contributed by atoms with Crippen LogP contribution in [-0.4, -0.2) is 367 Å². The Bertz CT molecular complexity index is 2770. The van der Waals surface area contributed by atoms with Crippen molar-refractivity contribution in [2.45, 2.75) is 139 Å². The van der Waals surface area contributed by atoms with E-state index >= 15 is 0 Å². The van der Waals surface area contributed by atoms with Crippen LogP contribution in [0.4, 0.5) is 5.69 Å². The fraction of sp³-hybridized carbons (Fsp3) is 0.784. The molecule has 2 unspecified atom stereocenters. The number of carbonyl (C=O) groups excluding carboxylic acids is 7. The summed E-state index contributed by atoms with van der Waals surface area (Å²) in [6.45, 7) is 10.4. The van der Waals surface area contributed by atoms with Crippen molar-refractivity contribution in [3.63, 3.8) is 0 Å². The van der Waals surface area contributed by atoms with Crippen molar-refractivity contribution in [3.8, 4) is 0 Å². The Hall–Kier alpha value is -6.08. The molecule has 10 N–H and O–H groups in total. The van der Waals surface area contributed by atoms with E-state index < -0.39 is 66.6 Å². The van der Waals surface area contributed by atoms with Gasteiger partial charge >= 0.3 is 0 Å². The molecular formula is C74H124N10O26. The zero-order valence-corrected chi connectivity index (χ0v) is 64.3. The third-order valence-electron chi connectivity index (χ3n) is 18.4. The molecule has 0 bridgehead atoms. The number of aliphatic hydroxyl groups excluding tert-OH is 4. The van der Waals surface area contributed by atoms with Crippen molar-refractivity contribution in [2.24, 2.45) is 5.92 Å². The SMILES string of the molecule is CCn1nccc1C(=O)N[C@H](C(=O)Nc1ccc(C[C@@H](NC(=O)COCCOCCOCC(=O)NC(COCCC(=O)NCCOCCOCCOCCOCC2OCC[C@@H](O)[C@H]2O)COCCC(=O)NCCOCCOCCOCCOC[C@H]2OCC[C@@H](O)[C@H]2O)C(=O)N2CCN(C)CC2)cc1)C1CCCCCC1. The fourth-order valence-electron chi connectivity index (χ4n) is 12.2.